The van der Waals surface area contributed by atoms with Crippen LogP contribution in [0.1, 0.15) is 24.3 Å². The van der Waals surface area contributed by atoms with Gasteiger partial charge in [0.15, 0.2) is 5.01 Å². The van der Waals surface area contributed by atoms with Crippen LogP contribution in [-0.2, 0) is 0 Å². The number of aromatic nitrogens is 4. The van der Waals surface area contributed by atoms with Gasteiger partial charge in [-0.15, -0.1) is 10.2 Å². The summed E-state index contributed by atoms with van der Waals surface area (Å²) in [5, 5.41) is 15.9. The lowest BCUT2D eigenvalue weighted by Gasteiger charge is -2.26. The molecule has 1 aliphatic heterocycles. The number of alkyl halides is 2. The number of urea groups is 1. The first-order chi connectivity index (χ1) is 15.1. The van der Waals surface area contributed by atoms with Crippen LogP contribution in [0.2, 0.25) is 0 Å². The van der Waals surface area contributed by atoms with Gasteiger partial charge < -0.3 is 10.2 Å². The topological polar surface area (TPSA) is 95.9 Å². The summed E-state index contributed by atoms with van der Waals surface area (Å²) in [4.78, 5) is 23.0. The molecule has 0 aliphatic carbocycles. The first-order valence-corrected chi connectivity index (χ1v) is 10.9. The third kappa shape index (κ3) is 4.71. The number of hydrogen-bond donors (Lipinski definition) is 2. The lowest BCUT2D eigenvalue weighted by molar-refractivity contribution is 0.200. The highest BCUT2D eigenvalue weighted by Gasteiger charge is 2.20. The third-order valence-electron chi connectivity index (χ3n) is 5.11. The number of amides is 2. The molecule has 0 unspecified atom stereocenters. The molecule has 2 amide bonds. The maximum absolute atomic E-state index is 13.3. The molecule has 4 heterocycles. The number of rotatable bonds is 6. The number of carbonyl (C=O) groups is 1. The van der Waals surface area contributed by atoms with Crippen LogP contribution in [0.15, 0.2) is 18.5 Å². The number of nitrogens with zero attached hydrogens (tertiary/aromatic N) is 5. The van der Waals surface area contributed by atoms with Crippen molar-refractivity contribution in [2.45, 2.75) is 32.2 Å². The van der Waals surface area contributed by atoms with Gasteiger partial charge in [-0.25, -0.2) is 18.6 Å². The molecule has 1 aliphatic rings. The zero-order valence-electron chi connectivity index (χ0n) is 17.1. The Kier molecular flexibility index (Phi) is 6.50. The van der Waals surface area contributed by atoms with Gasteiger partial charge in [0.1, 0.15) is 24.2 Å². The van der Waals surface area contributed by atoms with Gasteiger partial charge in [-0.2, -0.15) is 0 Å². The summed E-state index contributed by atoms with van der Waals surface area (Å²) < 4.78 is 26.6. The summed E-state index contributed by atoms with van der Waals surface area (Å²) >= 11 is 1.36. The zero-order chi connectivity index (χ0) is 21.8. The molecule has 3 aromatic rings. The van der Waals surface area contributed by atoms with Crippen molar-refractivity contribution in [2.75, 3.05) is 37.1 Å². The Hall–Kier alpha value is -2.95. The van der Waals surface area contributed by atoms with Crippen molar-refractivity contribution in [3.05, 3.63) is 23.5 Å². The Morgan fingerprint density at radius 2 is 1.94 bits per heavy atom. The number of halogens is 2. The molecule has 0 aromatic carbocycles. The van der Waals surface area contributed by atoms with E-state index < -0.39 is 19.4 Å². The minimum Gasteiger partial charge on any atom is -0.376 e. The number of fused-ring (bicyclic) bond motifs is 1. The highest BCUT2D eigenvalue weighted by molar-refractivity contribution is 7.14. The monoisotopic (exact) mass is 447 g/mol. The van der Waals surface area contributed by atoms with Crippen LogP contribution in [0.4, 0.5) is 25.1 Å². The summed E-state index contributed by atoms with van der Waals surface area (Å²) in [7, 11) is 0. The predicted octanol–water partition coefficient (Wildman–Crippen LogP) is 4.19. The van der Waals surface area contributed by atoms with E-state index in [2.05, 4.69) is 30.8 Å². The molecule has 0 spiro atoms. The number of hydrogen-bond acceptors (Lipinski definition) is 7. The van der Waals surface area contributed by atoms with Gasteiger partial charge >= 0.3 is 6.03 Å². The van der Waals surface area contributed by atoms with Crippen molar-refractivity contribution in [2.24, 2.45) is 0 Å². The summed E-state index contributed by atoms with van der Waals surface area (Å²) in [6.45, 7) is 1.50. The minimum absolute atomic E-state index is 0.213. The van der Waals surface area contributed by atoms with Crippen molar-refractivity contribution in [1.82, 2.24) is 25.1 Å². The Labute approximate surface area is 182 Å². The number of pyridine rings is 2. The summed E-state index contributed by atoms with van der Waals surface area (Å²) in [5.41, 5.74) is 1.60. The van der Waals surface area contributed by atoms with E-state index in [1.807, 2.05) is 6.92 Å². The Morgan fingerprint density at radius 3 is 2.61 bits per heavy atom. The highest BCUT2D eigenvalue weighted by Crippen LogP contribution is 2.36. The Balaban J connectivity index is 1.73. The summed E-state index contributed by atoms with van der Waals surface area (Å²) in [5.74, 6) is 0.343. The van der Waals surface area contributed by atoms with Gasteiger partial charge in [0.2, 0.25) is 0 Å². The lowest BCUT2D eigenvalue weighted by Crippen LogP contribution is -2.38. The van der Waals surface area contributed by atoms with Gasteiger partial charge in [-0.3, -0.25) is 10.3 Å². The van der Waals surface area contributed by atoms with Gasteiger partial charge in [0.25, 0.3) is 0 Å². The normalized spacial score (nSPS) is 14.3. The molecule has 31 heavy (non-hydrogen) atoms. The second-order valence-corrected chi connectivity index (χ2v) is 8.57. The van der Waals surface area contributed by atoms with Crippen molar-refractivity contribution in [1.29, 1.82) is 0 Å². The molecule has 2 N–H and O–H groups in total. The second kappa shape index (κ2) is 9.46. The van der Waals surface area contributed by atoms with E-state index in [4.69, 9.17) is 0 Å². The van der Waals surface area contributed by atoms with Crippen LogP contribution in [0, 0.1) is 6.92 Å². The Bertz CT molecular complexity index is 1070. The minimum atomic E-state index is -1.02. The average molecular weight is 448 g/mol. The molecular weight excluding hydrogens is 424 g/mol. The fourth-order valence-electron chi connectivity index (χ4n) is 3.49. The number of piperidine rings is 1. The van der Waals surface area contributed by atoms with Crippen LogP contribution in [0.3, 0.4) is 0 Å². The van der Waals surface area contributed by atoms with E-state index in [0.717, 1.165) is 24.3 Å². The van der Waals surface area contributed by atoms with Crippen molar-refractivity contribution < 1.29 is 13.6 Å². The van der Waals surface area contributed by atoms with E-state index in [9.17, 15) is 13.6 Å². The van der Waals surface area contributed by atoms with Crippen LogP contribution in [-0.4, -0.2) is 63.6 Å². The fraction of sp³-hybridized carbons (Fsp3) is 0.450. The predicted molar refractivity (Wildman–Crippen MR) is 117 cm³/mol. The molecule has 0 radical (unpaired) electrons. The maximum atomic E-state index is 13.3. The van der Waals surface area contributed by atoms with E-state index in [-0.39, 0.29) is 6.03 Å². The molecule has 3 aromatic heterocycles. The van der Waals surface area contributed by atoms with Crippen molar-refractivity contribution in [3.63, 3.8) is 0 Å². The maximum Gasteiger partial charge on any atom is 0.323 e. The van der Waals surface area contributed by atoms with E-state index in [1.165, 1.54) is 17.5 Å². The first kappa shape index (κ1) is 21.3. The van der Waals surface area contributed by atoms with Crippen LogP contribution >= 0.6 is 11.3 Å². The number of nitrogens with one attached hydrogen (secondary N) is 2. The summed E-state index contributed by atoms with van der Waals surface area (Å²) in [6, 6.07) is 0.436. The Morgan fingerprint density at radius 1 is 1.16 bits per heavy atom. The average Bonchev–Trinajstić information content (AvgIpc) is 3.23. The van der Waals surface area contributed by atoms with Gasteiger partial charge in [0.05, 0.1) is 29.0 Å². The number of carbonyl (C=O) groups excluding carboxylic acids is 1. The van der Waals surface area contributed by atoms with Crippen LogP contribution in [0.5, 0.6) is 0 Å². The third-order valence-corrected chi connectivity index (χ3v) is 5.98. The number of likely N-dealkylation sites (tertiary alicyclic amines) is 1. The first-order valence-electron chi connectivity index (χ1n) is 10.1. The highest BCUT2D eigenvalue weighted by atomic mass is 32.1. The molecule has 0 saturated carbocycles. The number of anilines is 2. The second-order valence-electron chi connectivity index (χ2n) is 7.39. The standard InChI is InChI=1S/C20H23F2N7OS/c1-12-27-28-19(31-12)15-10-23-16-11-24-17(26-20(30)29-5-3-2-4-6-29)7-14(16)18(15)25-13(8-21)9-22/h7,10-11,13H,2-6,8-9H2,1H3,(H,23,25)(H,24,26,30). The molecule has 4 rings (SSSR count). The molecule has 1 fully saturated rings. The van der Waals surface area contributed by atoms with Gasteiger partial charge in [0, 0.05) is 24.7 Å². The van der Waals surface area contributed by atoms with Crippen molar-refractivity contribution in [3.8, 4) is 10.6 Å². The van der Waals surface area contributed by atoms with Crippen LogP contribution in [0.25, 0.3) is 21.5 Å². The SMILES string of the molecule is Cc1nnc(-c2cnc3cnc(NC(=O)N4CCCCC4)cc3c2NC(CF)CF)s1. The number of aryl methyl sites for hydroxylation is 1. The quantitative estimate of drug-likeness (QED) is 0.588. The lowest BCUT2D eigenvalue weighted by atomic mass is 10.1. The smallest absolute Gasteiger partial charge is 0.323 e. The zero-order valence-corrected chi connectivity index (χ0v) is 17.9. The van der Waals surface area contributed by atoms with Crippen molar-refractivity contribution >= 4 is 39.8 Å². The molecule has 0 atom stereocenters. The van der Waals surface area contributed by atoms with E-state index >= 15 is 0 Å². The molecule has 11 heteroatoms. The molecular formula is C20H23F2N7OS. The van der Waals surface area contributed by atoms with Crippen LogP contribution < -0.4 is 10.6 Å². The molecule has 1 saturated heterocycles. The largest absolute Gasteiger partial charge is 0.376 e. The van der Waals surface area contributed by atoms with E-state index in [0.29, 0.717) is 46.1 Å². The van der Waals surface area contributed by atoms with E-state index in [1.54, 1.807) is 17.2 Å². The summed E-state index contributed by atoms with van der Waals surface area (Å²) in [6.07, 6.45) is 6.20. The van der Waals surface area contributed by atoms with Gasteiger partial charge in [-0.1, -0.05) is 11.3 Å². The molecule has 8 nitrogen and oxygen atoms in total. The molecule has 164 valence electrons. The molecule has 0 bridgehead atoms. The fourth-order valence-corrected chi connectivity index (χ4v) is 4.20. The van der Waals surface area contributed by atoms with Gasteiger partial charge in [-0.05, 0) is 32.3 Å².